The van der Waals surface area contributed by atoms with Gasteiger partial charge in [0.1, 0.15) is 5.82 Å². The van der Waals surface area contributed by atoms with Crippen molar-refractivity contribution in [1.29, 1.82) is 0 Å². The Morgan fingerprint density at radius 3 is 2.64 bits per heavy atom. The highest BCUT2D eigenvalue weighted by Crippen LogP contribution is 2.32. The van der Waals surface area contributed by atoms with Crippen LogP contribution in [0.4, 0.5) is 4.39 Å². The van der Waals surface area contributed by atoms with Crippen LogP contribution in [0.25, 0.3) is 0 Å². The number of pyridine rings is 1. The molecule has 1 aromatic rings. The van der Waals surface area contributed by atoms with E-state index in [2.05, 4.69) is 4.98 Å². The molecule has 1 aromatic heterocycles. The van der Waals surface area contributed by atoms with Crippen LogP contribution in [0.1, 0.15) is 18.4 Å². The zero-order valence-corrected chi connectivity index (χ0v) is 8.51. The fourth-order valence-corrected chi connectivity index (χ4v) is 2.75. The lowest BCUT2D eigenvalue weighted by molar-refractivity contribution is 0.581. The molecular weight excluding hydrogens is 205 g/mol. The van der Waals surface area contributed by atoms with Crippen molar-refractivity contribution in [3.63, 3.8) is 0 Å². The molecular formula is C9H10FNO2S. The van der Waals surface area contributed by atoms with E-state index < -0.39 is 15.7 Å². The second-order valence-electron chi connectivity index (χ2n) is 3.52. The molecule has 1 heterocycles. The molecule has 0 atom stereocenters. The first-order chi connectivity index (χ1) is 6.51. The van der Waals surface area contributed by atoms with Gasteiger partial charge in [0, 0.05) is 17.8 Å². The molecule has 1 aliphatic rings. The van der Waals surface area contributed by atoms with Gasteiger partial charge >= 0.3 is 0 Å². The zero-order valence-electron chi connectivity index (χ0n) is 7.70. The molecule has 1 fully saturated rings. The minimum atomic E-state index is -3.36. The van der Waals surface area contributed by atoms with Gasteiger partial charge in [0.2, 0.25) is 0 Å². The van der Waals surface area contributed by atoms with Crippen molar-refractivity contribution in [1.82, 2.24) is 4.98 Å². The molecule has 0 bridgehead atoms. The molecule has 0 N–H and O–H groups in total. The van der Waals surface area contributed by atoms with Crippen molar-refractivity contribution < 1.29 is 12.8 Å². The molecule has 1 aliphatic carbocycles. The Morgan fingerprint density at radius 2 is 2.14 bits per heavy atom. The SMILES string of the molecule is Cc1cnc(S(=O)(=O)C2CC2)cc1F. The summed E-state index contributed by atoms with van der Waals surface area (Å²) < 4.78 is 36.3. The molecule has 14 heavy (non-hydrogen) atoms. The summed E-state index contributed by atoms with van der Waals surface area (Å²) in [6, 6.07) is 1.00. The van der Waals surface area contributed by atoms with Crippen LogP contribution < -0.4 is 0 Å². The Hall–Kier alpha value is -0.970. The monoisotopic (exact) mass is 215 g/mol. The minimum absolute atomic E-state index is 0.136. The first-order valence-corrected chi connectivity index (χ1v) is 5.92. The minimum Gasteiger partial charge on any atom is -0.244 e. The van der Waals surface area contributed by atoms with Crippen LogP contribution in [0.3, 0.4) is 0 Å². The molecule has 0 spiro atoms. The van der Waals surface area contributed by atoms with Gasteiger partial charge in [0.05, 0.1) is 5.25 Å². The maximum absolute atomic E-state index is 13.1. The molecule has 0 saturated heterocycles. The normalized spacial score (nSPS) is 17.0. The fraction of sp³-hybridized carbons (Fsp3) is 0.444. The van der Waals surface area contributed by atoms with Crippen LogP contribution in [0, 0.1) is 12.7 Å². The predicted octanol–water partition coefficient (Wildman–Crippen LogP) is 1.47. The maximum atomic E-state index is 13.1. The van der Waals surface area contributed by atoms with Gasteiger partial charge in [-0.1, -0.05) is 0 Å². The summed E-state index contributed by atoms with van der Waals surface area (Å²) in [6.45, 7) is 1.55. The van der Waals surface area contributed by atoms with Gasteiger partial charge in [-0.2, -0.15) is 0 Å². The number of aryl methyl sites for hydroxylation is 1. The van der Waals surface area contributed by atoms with E-state index in [1.54, 1.807) is 6.92 Å². The number of nitrogens with zero attached hydrogens (tertiary/aromatic N) is 1. The largest absolute Gasteiger partial charge is 0.244 e. The summed E-state index contributed by atoms with van der Waals surface area (Å²) in [5, 5.41) is -0.472. The lowest BCUT2D eigenvalue weighted by atomic mass is 10.3. The van der Waals surface area contributed by atoms with Crippen LogP contribution in [0.5, 0.6) is 0 Å². The average molecular weight is 215 g/mol. The third-order valence-electron chi connectivity index (χ3n) is 2.27. The first kappa shape index (κ1) is 9.58. The number of rotatable bonds is 2. The average Bonchev–Trinajstić information content (AvgIpc) is 2.92. The van der Waals surface area contributed by atoms with Gasteiger partial charge in [-0.05, 0) is 19.8 Å². The molecule has 5 heteroatoms. The summed E-state index contributed by atoms with van der Waals surface area (Å²) >= 11 is 0. The summed E-state index contributed by atoms with van der Waals surface area (Å²) in [7, 11) is -3.36. The Bertz CT molecular complexity index is 466. The second-order valence-corrected chi connectivity index (χ2v) is 5.69. The van der Waals surface area contributed by atoms with E-state index in [4.69, 9.17) is 0 Å². The summed E-state index contributed by atoms with van der Waals surface area (Å²) in [6.07, 6.45) is 2.59. The van der Waals surface area contributed by atoms with E-state index in [1.807, 2.05) is 0 Å². The Morgan fingerprint density at radius 1 is 1.50 bits per heavy atom. The maximum Gasteiger partial charge on any atom is 0.198 e. The predicted molar refractivity (Wildman–Crippen MR) is 49.1 cm³/mol. The van der Waals surface area contributed by atoms with Crippen molar-refractivity contribution >= 4 is 9.84 Å². The second kappa shape index (κ2) is 3.02. The van der Waals surface area contributed by atoms with Gasteiger partial charge in [0.25, 0.3) is 0 Å². The van der Waals surface area contributed by atoms with Crippen molar-refractivity contribution in [2.24, 2.45) is 0 Å². The van der Waals surface area contributed by atoms with E-state index in [-0.39, 0.29) is 10.3 Å². The van der Waals surface area contributed by atoms with Crippen LogP contribution in [0.2, 0.25) is 0 Å². The molecule has 76 valence electrons. The quantitative estimate of drug-likeness (QED) is 0.750. The molecule has 0 aliphatic heterocycles. The smallest absolute Gasteiger partial charge is 0.198 e. The fourth-order valence-electron chi connectivity index (χ4n) is 1.19. The van der Waals surface area contributed by atoms with E-state index in [0.29, 0.717) is 18.4 Å². The highest BCUT2D eigenvalue weighted by atomic mass is 32.2. The van der Waals surface area contributed by atoms with E-state index in [1.165, 1.54) is 6.20 Å². The van der Waals surface area contributed by atoms with Crippen LogP contribution in [0.15, 0.2) is 17.3 Å². The number of halogens is 1. The first-order valence-electron chi connectivity index (χ1n) is 4.38. The summed E-state index contributed by atoms with van der Waals surface area (Å²) in [5.41, 5.74) is 0.361. The van der Waals surface area contributed by atoms with Crippen molar-refractivity contribution in [3.8, 4) is 0 Å². The standard InChI is InChI=1S/C9H10FNO2S/c1-6-5-11-9(4-8(6)10)14(12,13)7-2-3-7/h4-5,7H,2-3H2,1H3. The summed E-state index contributed by atoms with van der Waals surface area (Å²) in [4.78, 5) is 3.74. The van der Waals surface area contributed by atoms with Gasteiger partial charge in [-0.3, -0.25) is 0 Å². The van der Waals surface area contributed by atoms with Gasteiger partial charge in [-0.25, -0.2) is 17.8 Å². The highest BCUT2D eigenvalue weighted by Gasteiger charge is 2.38. The topological polar surface area (TPSA) is 47.0 Å². The van der Waals surface area contributed by atoms with Gasteiger partial charge in [0.15, 0.2) is 14.9 Å². The van der Waals surface area contributed by atoms with Crippen LogP contribution >= 0.6 is 0 Å². The molecule has 0 radical (unpaired) electrons. The Kier molecular flexibility index (Phi) is 2.06. The summed E-state index contributed by atoms with van der Waals surface area (Å²) in [5.74, 6) is -0.515. The van der Waals surface area contributed by atoms with Gasteiger partial charge < -0.3 is 0 Å². The van der Waals surface area contributed by atoms with E-state index >= 15 is 0 Å². The van der Waals surface area contributed by atoms with Crippen LogP contribution in [-0.2, 0) is 9.84 Å². The molecule has 1 saturated carbocycles. The van der Waals surface area contributed by atoms with E-state index in [0.717, 1.165) is 6.07 Å². The van der Waals surface area contributed by atoms with Crippen molar-refractivity contribution in [2.75, 3.05) is 0 Å². The van der Waals surface area contributed by atoms with Gasteiger partial charge in [-0.15, -0.1) is 0 Å². The number of hydrogen-bond donors (Lipinski definition) is 0. The number of sulfone groups is 1. The highest BCUT2D eigenvalue weighted by molar-refractivity contribution is 7.92. The third-order valence-corrected chi connectivity index (χ3v) is 4.42. The Labute approximate surface area is 81.9 Å². The number of hydrogen-bond acceptors (Lipinski definition) is 3. The molecule has 3 nitrogen and oxygen atoms in total. The lowest BCUT2D eigenvalue weighted by Crippen LogP contribution is -2.09. The molecule has 0 aromatic carbocycles. The Balaban J connectivity index is 2.46. The molecule has 2 rings (SSSR count). The number of aromatic nitrogens is 1. The van der Waals surface area contributed by atoms with Crippen LogP contribution in [-0.4, -0.2) is 18.7 Å². The zero-order chi connectivity index (χ0) is 10.3. The van der Waals surface area contributed by atoms with E-state index in [9.17, 15) is 12.8 Å². The van der Waals surface area contributed by atoms with Crippen molar-refractivity contribution in [2.45, 2.75) is 30.0 Å². The molecule has 0 amide bonds. The lowest BCUT2D eigenvalue weighted by Gasteiger charge is -2.02. The molecule has 0 unspecified atom stereocenters. The van der Waals surface area contributed by atoms with Crippen molar-refractivity contribution in [3.05, 3.63) is 23.6 Å². The third kappa shape index (κ3) is 1.52.